The van der Waals surface area contributed by atoms with Crippen molar-refractivity contribution in [3.05, 3.63) is 23.8 Å². The molecule has 1 aromatic carbocycles. The van der Waals surface area contributed by atoms with Gasteiger partial charge in [0.1, 0.15) is 0 Å². The number of benzene rings is 1. The molecule has 3 rings (SSSR count). The second-order valence-corrected chi connectivity index (χ2v) is 5.25. The topological polar surface area (TPSA) is 61.6 Å². The highest BCUT2D eigenvalue weighted by molar-refractivity contribution is 5.78. The molecule has 1 aromatic rings. The first-order valence-corrected chi connectivity index (χ1v) is 6.62. The summed E-state index contributed by atoms with van der Waals surface area (Å²) < 4.78 is 37.9. The maximum absolute atomic E-state index is 12.6. The fraction of sp³-hybridized carbons (Fsp3) is 0.462. The van der Waals surface area contributed by atoms with E-state index in [2.05, 4.69) is 5.32 Å². The summed E-state index contributed by atoms with van der Waals surface area (Å²) in [4.78, 5) is 15.2. The quantitative estimate of drug-likeness (QED) is 0.773. The van der Waals surface area contributed by atoms with Crippen molar-refractivity contribution in [1.29, 1.82) is 0 Å². The van der Waals surface area contributed by atoms with Crippen molar-refractivity contribution in [2.24, 2.45) is 0 Å². The van der Waals surface area contributed by atoms with E-state index in [9.17, 15) is 18.0 Å². The van der Waals surface area contributed by atoms with Gasteiger partial charge in [-0.2, -0.15) is 13.2 Å². The van der Waals surface area contributed by atoms with E-state index in [0.717, 1.165) is 12.1 Å². The fourth-order valence-corrected chi connectivity index (χ4v) is 2.84. The van der Waals surface area contributed by atoms with Crippen LogP contribution in [-0.2, 0) is 6.18 Å². The average Bonchev–Trinajstić information content (AvgIpc) is 2.79. The van der Waals surface area contributed by atoms with Crippen LogP contribution >= 0.6 is 0 Å². The van der Waals surface area contributed by atoms with E-state index in [1.165, 1.54) is 6.07 Å². The lowest BCUT2D eigenvalue weighted by Gasteiger charge is -2.38. The predicted octanol–water partition coefficient (Wildman–Crippen LogP) is 1.50. The SMILES string of the molecule is Nc1cc(C(F)(F)F)ccc1N1CCN2C(=O)NCC2C1. The molecule has 2 heterocycles. The molecule has 5 nitrogen and oxygen atoms in total. The summed E-state index contributed by atoms with van der Waals surface area (Å²) >= 11 is 0. The van der Waals surface area contributed by atoms with E-state index in [1.807, 2.05) is 4.90 Å². The van der Waals surface area contributed by atoms with Crippen molar-refractivity contribution >= 4 is 17.4 Å². The maximum atomic E-state index is 12.6. The highest BCUT2D eigenvalue weighted by Crippen LogP contribution is 2.34. The van der Waals surface area contributed by atoms with Gasteiger partial charge < -0.3 is 20.9 Å². The van der Waals surface area contributed by atoms with Gasteiger partial charge in [-0.25, -0.2) is 4.79 Å². The number of nitrogens with one attached hydrogen (secondary N) is 1. The van der Waals surface area contributed by atoms with Gasteiger partial charge in [-0.1, -0.05) is 0 Å². The molecule has 0 bridgehead atoms. The smallest absolute Gasteiger partial charge is 0.397 e. The van der Waals surface area contributed by atoms with Crippen LogP contribution in [0.3, 0.4) is 0 Å². The number of fused-ring (bicyclic) bond motifs is 1. The number of hydrogen-bond donors (Lipinski definition) is 2. The van der Waals surface area contributed by atoms with E-state index in [1.54, 1.807) is 4.90 Å². The van der Waals surface area contributed by atoms with Gasteiger partial charge in [-0.15, -0.1) is 0 Å². The zero-order valence-electron chi connectivity index (χ0n) is 11.2. The third-order valence-corrected chi connectivity index (χ3v) is 3.93. The predicted molar refractivity (Wildman–Crippen MR) is 72.0 cm³/mol. The molecule has 0 saturated carbocycles. The molecule has 2 aliphatic rings. The second kappa shape index (κ2) is 4.71. The highest BCUT2D eigenvalue weighted by Gasteiger charge is 2.36. The van der Waals surface area contributed by atoms with Gasteiger partial charge >= 0.3 is 12.2 Å². The summed E-state index contributed by atoms with van der Waals surface area (Å²) in [6, 6.07) is 3.35. The molecule has 2 aliphatic heterocycles. The molecular weight excluding hydrogens is 285 g/mol. The molecule has 2 fully saturated rings. The minimum Gasteiger partial charge on any atom is -0.397 e. The number of nitrogens with two attached hydrogens (primary N) is 1. The van der Waals surface area contributed by atoms with Crippen LogP contribution in [0.15, 0.2) is 18.2 Å². The Morgan fingerprint density at radius 1 is 1.29 bits per heavy atom. The summed E-state index contributed by atoms with van der Waals surface area (Å²) in [5, 5.41) is 2.76. The first-order valence-electron chi connectivity index (χ1n) is 6.62. The number of hydrogen-bond acceptors (Lipinski definition) is 3. The first kappa shape index (κ1) is 13.8. The number of nitrogens with zero attached hydrogens (tertiary/aromatic N) is 2. The Balaban J connectivity index is 1.80. The monoisotopic (exact) mass is 300 g/mol. The third-order valence-electron chi connectivity index (χ3n) is 3.93. The lowest BCUT2D eigenvalue weighted by Crippen LogP contribution is -2.52. The van der Waals surface area contributed by atoms with Crippen molar-refractivity contribution in [2.75, 3.05) is 36.8 Å². The van der Waals surface area contributed by atoms with E-state index >= 15 is 0 Å². The Hall–Kier alpha value is -2.12. The molecule has 8 heteroatoms. The van der Waals surface area contributed by atoms with Crippen LogP contribution in [0.25, 0.3) is 0 Å². The van der Waals surface area contributed by atoms with Crippen LogP contribution < -0.4 is 16.0 Å². The van der Waals surface area contributed by atoms with Crippen LogP contribution in [0.5, 0.6) is 0 Å². The van der Waals surface area contributed by atoms with Crippen molar-refractivity contribution in [3.8, 4) is 0 Å². The van der Waals surface area contributed by atoms with E-state index in [-0.39, 0.29) is 17.8 Å². The molecule has 1 atom stereocenters. The van der Waals surface area contributed by atoms with Gasteiger partial charge in [0.2, 0.25) is 0 Å². The fourth-order valence-electron chi connectivity index (χ4n) is 2.84. The van der Waals surface area contributed by atoms with Gasteiger partial charge in [0.25, 0.3) is 0 Å². The number of rotatable bonds is 1. The van der Waals surface area contributed by atoms with Crippen LogP contribution in [0, 0.1) is 0 Å². The number of nitrogen functional groups attached to an aromatic ring is 1. The van der Waals surface area contributed by atoms with Gasteiger partial charge in [0, 0.05) is 26.2 Å². The molecule has 1 unspecified atom stereocenters. The Labute approximate surface area is 119 Å². The average molecular weight is 300 g/mol. The van der Waals surface area contributed by atoms with Crippen molar-refractivity contribution in [2.45, 2.75) is 12.2 Å². The number of halogens is 3. The Bertz CT molecular complexity index is 575. The molecule has 0 aromatic heterocycles. The minimum atomic E-state index is -4.40. The largest absolute Gasteiger partial charge is 0.416 e. The van der Waals surface area contributed by atoms with Gasteiger partial charge in [-0.3, -0.25) is 0 Å². The number of alkyl halides is 3. The van der Waals surface area contributed by atoms with Gasteiger partial charge in [0.05, 0.1) is 23.0 Å². The van der Waals surface area contributed by atoms with Crippen LogP contribution in [0.1, 0.15) is 5.56 Å². The maximum Gasteiger partial charge on any atom is 0.416 e. The molecule has 21 heavy (non-hydrogen) atoms. The number of piperazine rings is 1. The van der Waals surface area contributed by atoms with Crippen LogP contribution in [0.4, 0.5) is 29.3 Å². The lowest BCUT2D eigenvalue weighted by molar-refractivity contribution is -0.137. The molecule has 0 radical (unpaired) electrons. The standard InChI is InChI=1S/C13H15F3N4O/c14-13(15,16)8-1-2-11(10(17)5-8)19-3-4-20-9(7-19)6-18-12(20)21/h1-2,5,9H,3-4,6-7,17H2,(H,18,21). The van der Waals surface area contributed by atoms with E-state index < -0.39 is 11.7 Å². The Morgan fingerprint density at radius 3 is 2.71 bits per heavy atom. The van der Waals surface area contributed by atoms with E-state index in [4.69, 9.17) is 5.73 Å². The number of carbonyl (C=O) groups excluding carboxylic acids is 1. The summed E-state index contributed by atoms with van der Waals surface area (Å²) in [6.45, 7) is 2.21. The Kier molecular flexibility index (Phi) is 3.11. The molecule has 3 N–H and O–H groups in total. The minimum absolute atomic E-state index is 0.0351. The third kappa shape index (κ3) is 2.45. The number of amides is 2. The first-order chi connectivity index (χ1) is 9.86. The van der Waals surface area contributed by atoms with Crippen LogP contribution in [-0.4, -0.2) is 43.2 Å². The summed E-state index contributed by atoms with van der Waals surface area (Å²) in [6.07, 6.45) is -4.40. The van der Waals surface area contributed by atoms with Crippen molar-refractivity contribution < 1.29 is 18.0 Å². The Morgan fingerprint density at radius 2 is 2.05 bits per heavy atom. The van der Waals surface area contributed by atoms with E-state index in [0.29, 0.717) is 31.9 Å². The molecule has 2 amide bonds. The summed E-state index contributed by atoms with van der Waals surface area (Å²) in [5.41, 5.74) is 5.72. The van der Waals surface area contributed by atoms with Gasteiger partial charge in [-0.05, 0) is 18.2 Å². The number of carbonyl (C=O) groups is 1. The molecule has 114 valence electrons. The molecule has 2 saturated heterocycles. The second-order valence-electron chi connectivity index (χ2n) is 5.25. The molecular formula is C13H15F3N4O. The zero-order valence-corrected chi connectivity index (χ0v) is 11.2. The number of anilines is 2. The van der Waals surface area contributed by atoms with Gasteiger partial charge in [0.15, 0.2) is 0 Å². The van der Waals surface area contributed by atoms with Crippen molar-refractivity contribution in [1.82, 2.24) is 10.2 Å². The lowest BCUT2D eigenvalue weighted by atomic mass is 10.1. The zero-order chi connectivity index (χ0) is 15.2. The normalized spacial score (nSPS) is 22.2. The summed E-state index contributed by atoms with van der Waals surface area (Å²) in [7, 11) is 0. The summed E-state index contributed by atoms with van der Waals surface area (Å²) in [5.74, 6) is 0. The molecule has 0 spiro atoms. The van der Waals surface area contributed by atoms with Crippen LogP contribution in [0.2, 0.25) is 0 Å². The van der Waals surface area contributed by atoms with Crippen molar-refractivity contribution in [3.63, 3.8) is 0 Å². The molecule has 0 aliphatic carbocycles. The highest BCUT2D eigenvalue weighted by atomic mass is 19.4. The number of urea groups is 1.